The molecule has 0 unspecified atom stereocenters. The van der Waals surface area contributed by atoms with Crippen LogP contribution in [-0.4, -0.2) is 20.7 Å². The van der Waals surface area contributed by atoms with Crippen LogP contribution in [0.4, 0.5) is 5.69 Å². The van der Waals surface area contributed by atoms with E-state index in [1.54, 1.807) is 23.0 Å². The van der Waals surface area contributed by atoms with Gasteiger partial charge in [-0.25, -0.2) is 4.68 Å². The molecule has 2 heterocycles. The second kappa shape index (κ2) is 5.76. The molecule has 1 N–H and O–H groups in total. The molecule has 0 atom stereocenters. The highest BCUT2D eigenvalue weighted by Crippen LogP contribution is 2.18. The Balaban J connectivity index is 1.84. The molecule has 2 aromatic heterocycles. The van der Waals surface area contributed by atoms with Crippen molar-refractivity contribution in [2.45, 2.75) is 0 Å². The molecular weight excluding hydrogens is 288 g/mol. The van der Waals surface area contributed by atoms with Crippen molar-refractivity contribution in [1.82, 2.24) is 14.8 Å². The lowest BCUT2D eigenvalue weighted by molar-refractivity contribution is 0.102. The summed E-state index contributed by atoms with van der Waals surface area (Å²) in [6, 6.07) is 10.8. The summed E-state index contributed by atoms with van der Waals surface area (Å²) < 4.78 is 1.72. The second-order valence-electron chi connectivity index (χ2n) is 4.31. The van der Waals surface area contributed by atoms with Gasteiger partial charge in [0.1, 0.15) is 0 Å². The van der Waals surface area contributed by atoms with Crippen molar-refractivity contribution in [3.63, 3.8) is 0 Å². The molecule has 6 heteroatoms. The van der Waals surface area contributed by atoms with Gasteiger partial charge < -0.3 is 5.32 Å². The van der Waals surface area contributed by atoms with Gasteiger partial charge in [0.15, 0.2) is 0 Å². The molecule has 0 fully saturated rings. The summed E-state index contributed by atoms with van der Waals surface area (Å²) in [5.41, 5.74) is 1.91. The third kappa shape index (κ3) is 2.93. The Bertz CT molecular complexity index is 771. The SMILES string of the molecule is O=C(Nc1cccc(-n2cccn2)c1)c1ccncc1Cl. The van der Waals surface area contributed by atoms with E-state index >= 15 is 0 Å². The first-order valence-corrected chi connectivity index (χ1v) is 6.63. The molecule has 5 nitrogen and oxygen atoms in total. The quantitative estimate of drug-likeness (QED) is 0.808. The van der Waals surface area contributed by atoms with Gasteiger partial charge in [0, 0.05) is 30.5 Å². The number of benzene rings is 1. The van der Waals surface area contributed by atoms with Crippen molar-refractivity contribution in [3.8, 4) is 5.69 Å². The Morgan fingerprint density at radius 1 is 1.19 bits per heavy atom. The molecule has 1 amide bonds. The van der Waals surface area contributed by atoms with Crippen molar-refractivity contribution in [2.75, 3.05) is 5.32 Å². The lowest BCUT2D eigenvalue weighted by atomic mass is 10.2. The minimum absolute atomic E-state index is 0.278. The average Bonchev–Trinajstić information content (AvgIpc) is 3.02. The summed E-state index contributed by atoms with van der Waals surface area (Å²) in [7, 11) is 0. The van der Waals surface area contributed by atoms with Crippen LogP contribution in [-0.2, 0) is 0 Å². The number of carbonyl (C=O) groups is 1. The Morgan fingerprint density at radius 2 is 2.10 bits per heavy atom. The van der Waals surface area contributed by atoms with Crippen LogP contribution in [0.15, 0.2) is 61.2 Å². The molecule has 21 heavy (non-hydrogen) atoms. The predicted molar refractivity (Wildman–Crippen MR) is 80.8 cm³/mol. The third-order valence-electron chi connectivity index (χ3n) is 2.89. The molecular formula is C15H11ClN4O. The zero-order chi connectivity index (χ0) is 14.7. The van der Waals surface area contributed by atoms with Crippen LogP contribution in [0.25, 0.3) is 5.69 Å². The fraction of sp³-hybridized carbons (Fsp3) is 0. The van der Waals surface area contributed by atoms with Gasteiger partial charge in [0.2, 0.25) is 0 Å². The first kappa shape index (κ1) is 13.3. The lowest BCUT2D eigenvalue weighted by Crippen LogP contribution is -2.12. The smallest absolute Gasteiger partial charge is 0.257 e. The first-order chi connectivity index (χ1) is 10.2. The fourth-order valence-electron chi connectivity index (χ4n) is 1.91. The van der Waals surface area contributed by atoms with E-state index in [1.807, 2.05) is 30.5 Å². The molecule has 0 spiro atoms. The summed E-state index contributed by atoms with van der Waals surface area (Å²) >= 11 is 5.96. The standard InChI is InChI=1S/C15H11ClN4O/c16-14-10-17-7-5-13(14)15(21)19-11-3-1-4-12(9-11)20-8-2-6-18-20/h1-10H,(H,19,21). The molecule has 3 rings (SSSR count). The van der Waals surface area contributed by atoms with Crippen LogP contribution >= 0.6 is 11.6 Å². The van der Waals surface area contributed by atoms with Gasteiger partial charge >= 0.3 is 0 Å². The number of amides is 1. The van der Waals surface area contributed by atoms with E-state index in [2.05, 4.69) is 15.4 Å². The molecule has 104 valence electrons. The largest absolute Gasteiger partial charge is 0.322 e. The summed E-state index contributed by atoms with van der Waals surface area (Å²) in [5, 5.41) is 7.28. The van der Waals surface area contributed by atoms with Gasteiger partial charge in [-0.1, -0.05) is 17.7 Å². The Labute approximate surface area is 126 Å². The predicted octanol–water partition coefficient (Wildman–Crippen LogP) is 3.17. The minimum Gasteiger partial charge on any atom is -0.322 e. The normalized spacial score (nSPS) is 10.3. The maximum Gasteiger partial charge on any atom is 0.257 e. The first-order valence-electron chi connectivity index (χ1n) is 6.25. The van der Waals surface area contributed by atoms with Gasteiger partial charge in [0.05, 0.1) is 16.3 Å². The van der Waals surface area contributed by atoms with Gasteiger partial charge in [-0.05, 0) is 30.3 Å². The monoisotopic (exact) mass is 298 g/mol. The molecule has 0 saturated heterocycles. The molecule has 0 aliphatic heterocycles. The molecule has 1 aromatic carbocycles. The van der Waals surface area contributed by atoms with Crippen LogP contribution in [0, 0.1) is 0 Å². The van der Waals surface area contributed by atoms with E-state index in [0.717, 1.165) is 5.69 Å². The van der Waals surface area contributed by atoms with Crippen molar-refractivity contribution < 1.29 is 4.79 Å². The highest BCUT2D eigenvalue weighted by atomic mass is 35.5. The maximum absolute atomic E-state index is 12.2. The molecule has 0 aliphatic carbocycles. The number of pyridine rings is 1. The van der Waals surface area contributed by atoms with Crippen LogP contribution < -0.4 is 5.32 Å². The van der Waals surface area contributed by atoms with Crippen LogP contribution in [0.1, 0.15) is 10.4 Å². The van der Waals surface area contributed by atoms with Crippen molar-refractivity contribution in [2.24, 2.45) is 0 Å². The Morgan fingerprint density at radius 3 is 2.86 bits per heavy atom. The van der Waals surface area contributed by atoms with Crippen molar-refractivity contribution in [1.29, 1.82) is 0 Å². The number of aromatic nitrogens is 3. The van der Waals surface area contributed by atoms with E-state index in [-0.39, 0.29) is 5.91 Å². The van der Waals surface area contributed by atoms with Gasteiger partial charge in [0.25, 0.3) is 5.91 Å². The summed E-state index contributed by atoms with van der Waals surface area (Å²) in [5.74, 6) is -0.278. The number of anilines is 1. The molecule has 0 saturated carbocycles. The third-order valence-corrected chi connectivity index (χ3v) is 3.19. The van der Waals surface area contributed by atoms with Gasteiger partial charge in [-0.2, -0.15) is 5.10 Å². The van der Waals surface area contributed by atoms with Crippen molar-refractivity contribution >= 4 is 23.2 Å². The fourth-order valence-corrected chi connectivity index (χ4v) is 2.11. The summed E-state index contributed by atoms with van der Waals surface area (Å²) in [6.07, 6.45) is 6.50. The zero-order valence-electron chi connectivity index (χ0n) is 10.9. The number of nitrogens with one attached hydrogen (secondary N) is 1. The topological polar surface area (TPSA) is 59.8 Å². The minimum atomic E-state index is -0.278. The number of hydrogen-bond acceptors (Lipinski definition) is 3. The van der Waals surface area contributed by atoms with E-state index in [1.165, 1.54) is 12.4 Å². The zero-order valence-corrected chi connectivity index (χ0v) is 11.7. The second-order valence-corrected chi connectivity index (χ2v) is 4.72. The molecule has 3 aromatic rings. The van der Waals surface area contributed by atoms with E-state index < -0.39 is 0 Å². The van der Waals surface area contributed by atoms with E-state index in [0.29, 0.717) is 16.3 Å². The highest BCUT2D eigenvalue weighted by molar-refractivity contribution is 6.34. The van der Waals surface area contributed by atoms with Crippen LogP contribution in [0.2, 0.25) is 5.02 Å². The van der Waals surface area contributed by atoms with E-state index in [9.17, 15) is 4.79 Å². The van der Waals surface area contributed by atoms with Crippen molar-refractivity contribution in [3.05, 3.63) is 71.8 Å². The van der Waals surface area contributed by atoms with Gasteiger partial charge in [-0.3, -0.25) is 9.78 Å². The van der Waals surface area contributed by atoms with Gasteiger partial charge in [-0.15, -0.1) is 0 Å². The number of hydrogen-bond donors (Lipinski definition) is 1. The Hall–Kier alpha value is -2.66. The molecule has 0 aliphatic rings. The van der Waals surface area contributed by atoms with Crippen LogP contribution in [0.3, 0.4) is 0 Å². The Kier molecular flexibility index (Phi) is 3.66. The maximum atomic E-state index is 12.2. The number of carbonyl (C=O) groups excluding carboxylic acids is 1. The van der Waals surface area contributed by atoms with E-state index in [4.69, 9.17) is 11.6 Å². The highest BCUT2D eigenvalue weighted by Gasteiger charge is 2.10. The summed E-state index contributed by atoms with van der Waals surface area (Å²) in [6.45, 7) is 0. The number of rotatable bonds is 3. The average molecular weight is 299 g/mol. The molecule has 0 bridgehead atoms. The molecule has 0 radical (unpaired) electrons. The number of halogens is 1. The van der Waals surface area contributed by atoms with Crippen LogP contribution in [0.5, 0.6) is 0 Å². The lowest BCUT2D eigenvalue weighted by Gasteiger charge is -2.08. The summed E-state index contributed by atoms with van der Waals surface area (Å²) in [4.78, 5) is 16.0. The number of nitrogens with zero attached hydrogens (tertiary/aromatic N) is 3.